The number of benzene rings is 2. The van der Waals surface area contributed by atoms with Gasteiger partial charge >= 0.3 is 0 Å². The van der Waals surface area contributed by atoms with Crippen molar-refractivity contribution in [3.05, 3.63) is 81.4 Å². The first-order chi connectivity index (χ1) is 16.3. The zero-order valence-corrected chi connectivity index (χ0v) is 20.1. The molecule has 0 aliphatic rings. The minimum absolute atomic E-state index is 0.270. The highest BCUT2D eigenvalue weighted by atomic mass is 16.5. The van der Waals surface area contributed by atoms with Gasteiger partial charge < -0.3 is 10.1 Å². The summed E-state index contributed by atoms with van der Waals surface area (Å²) in [6.07, 6.45) is 0.416. The van der Waals surface area contributed by atoms with Crippen molar-refractivity contribution >= 4 is 16.8 Å². The van der Waals surface area contributed by atoms with E-state index >= 15 is 0 Å². The average molecular weight is 460 g/mol. The third-order valence-electron chi connectivity index (χ3n) is 6.01. The smallest absolute Gasteiger partial charge is 0.295 e. The maximum Gasteiger partial charge on any atom is 0.295 e. The standard InChI is InChI=1S/C26H29N5O3/c1-6-22(25(32)27-15-19-8-7-9-21(14-19)34-5)31-26(33)24-23(17(3)28-31)18(4)30(29-24)20-12-10-16(2)11-13-20/h7-14,22H,6,15H2,1-5H3,(H,27,32)/t22-/m1/s1. The van der Waals surface area contributed by atoms with Crippen LogP contribution in [0, 0.1) is 20.8 Å². The number of ether oxygens (including phenoxy) is 1. The monoisotopic (exact) mass is 459 g/mol. The van der Waals surface area contributed by atoms with Crippen LogP contribution >= 0.6 is 0 Å². The molecule has 0 spiro atoms. The molecule has 2 heterocycles. The Balaban J connectivity index is 1.68. The molecule has 0 saturated heterocycles. The molecule has 1 N–H and O–H groups in total. The van der Waals surface area contributed by atoms with E-state index in [1.165, 1.54) is 4.68 Å². The molecule has 0 radical (unpaired) electrons. The van der Waals surface area contributed by atoms with Crippen LogP contribution in [0.25, 0.3) is 16.6 Å². The van der Waals surface area contributed by atoms with Crippen molar-refractivity contribution in [2.75, 3.05) is 7.11 Å². The fourth-order valence-corrected chi connectivity index (χ4v) is 4.16. The normalized spacial score (nSPS) is 12.0. The molecule has 4 rings (SSSR count). The number of aromatic nitrogens is 4. The molecular formula is C26H29N5O3. The van der Waals surface area contributed by atoms with E-state index in [1.807, 2.05) is 76.2 Å². The number of rotatable bonds is 7. The molecule has 8 nitrogen and oxygen atoms in total. The molecule has 176 valence electrons. The van der Waals surface area contributed by atoms with Crippen LogP contribution in [-0.4, -0.2) is 32.6 Å². The summed E-state index contributed by atoms with van der Waals surface area (Å²) < 4.78 is 8.27. The summed E-state index contributed by atoms with van der Waals surface area (Å²) in [5, 5.41) is 12.8. The second-order valence-electron chi connectivity index (χ2n) is 8.38. The fraction of sp³-hybridized carbons (Fsp3) is 0.308. The fourth-order valence-electron chi connectivity index (χ4n) is 4.16. The van der Waals surface area contributed by atoms with Gasteiger partial charge in [-0.15, -0.1) is 0 Å². The van der Waals surface area contributed by atoms with Crippen molar-refractivity contribution in [1.29, 1.82) is 0 Å². The number of nitrogens with one attached hydrogen (secondary N) is 1. The number of carbonyl (C=O) groups is 1. The quantitative estimate of drug-likeness (QED) is 0.454. The molecule has 4 aromatic rings. The van der Waals surface area contributed by atoms with E-state index in [9.17, 15) is 9.59 Å². The van der Waals surface area contributed by atoms with Crippen molar-refractivity contribution in [3.63, 3.8) is 0 Å². The van der Waals surface area contributed by atoms with Crippen LogP contribution < -0.4 is 15.6 Å². The van der Waals surface area contributed by atoms with Gasteiger partial charge in [0.1, 0.15) is 11.8 Å². The number of aryl methyl sites for hydroxylation is 3. The molecule has 0 aliphatic heterocycles. The molecule has 0 bridgehead atoms. The highest BCUT2D eigenvalue weighted by Crippen LogP contribution is 2.22. The van der Waals surface area contributed by atoms with Gasteiger partial charge in [0.2, 0.25) is 5.91 Å². The lowest BCUT2D eigenvalue weighted by molar-refractivity contribution is -0.125. The molecule has 1 atom stereocenters. The van der Waals surface area contributed by atoms with E-state index in [0.717, 1.165) is 28.3 Å². The molecule has 0 aliphatic carbocycles. The Kier molecular flexibility index (Phi) is 6.49. The Morgan fingerprint density at radius 3 is 2.50 bits per heavy atom. The van der Waals surface area contributed by atoms with Gasteiger partial charge in [0.05, 0.1) is 29.6 Å². The van der Waals surface area contributed by atoms with Crippen molar-refractivity contribution in [3.8, 4) is 11.4 Å². The molecule has 2 aromatic heterocycles. The molecule has 0 fully saturated rings. The first kappa shape index (κ1) is 23.2. The highest BCUT2D eigenvalue weighted by molar-refractivity contribution is 5.84. The van der Waals surface area contributed by atoms with Crippen molar-refractivity contribution in [1.82, 2.24) is 24.9 Å². The molecule has 2 aromatic carbocycles. The van der Waals surface area contributed by atoms with Gasteiger partial charge in [0, 0.05) is 6.54 Å². The second-order valence-corrected chi connectivity index (χ2v) is 8.38. The SMILES string of the molecule is CC[C@H](C(=O)NCc1cccc(OC)c1)n1nc(C)c2c(C)n(-c3ccc(C)cc3)nc2c1=O. The summed E-state index contributed by atoms with van der Waals surface area (Å²) in [5.74, 6) is 0.450. The number of hydrogen-bond acceptors (Lipinski definition) is 5. The predicted molar refractivity (Wildman–Crippen MR) is 132 cm³/mol. The van der Waals surface area contributed by atoms with Crippen molar-refractivity contribution in [2.45, 2.75) is 46.7 Å². The van der Waals surface area contributed by atoms with E-state index in [4.69, 9.17) is 4.74 Å². The zero-order chi connectivity index (χ0) is 24.4. The van der Waals surface area contributed by atoms with Gasteiger partial charge in [0.25, 0.3) is 5.56 Å². The van der Waals surface area contributed by atoms with Gasteiger partial charge in [-0.05, 0) is 57.0 Å². The molecule has 0 unspecified atom stereocenters. The summed E-state index contributed by atoms with van der Waals surface area (Å²) in [7, 11) is 1.60. The van der Waals surface area contributed by atoms with Gasteiger partial charge in [-0.25, -0.2) is 9.36 Å². The van der Waals surface area contributed by atoms with Gasteiger partial charge in [-0.2, -0.15) is 10.2 Å². The van der Waals surface area contributed by atoms with E-state index in [-0.39, 0.29) is 11.5 Å². The zero-order valence-electron chi connectivity index (χ0n) is 20.1. The Bertz CT molecular complexity index is 1400. The Morgan fingerprint density at radius 1 is 1.09 bits per heavy atom. The third kappa shape index (κ3) is 4.31. The number of amides is 1. The minimum Gasteiger partial charge on any atom is -0.497 e. The van der Waals surface area contributed by atoms with Crippen molar-refractivity contribution < 1.29 is 9.53 Å². The average Bonchev–Trinajstić information content (AvgIpc) is 3.19. The topological polar surface area (TPSA) is 91.0 Å². The summed E-state index contributed by atoms with van der Waals surface area (Å²) in [6.45, 7) is 7.97. The summed E-state index contributed by atoms with van der Waals surface area (Å²) in [4.78, 5) is 26.5. The Hall–Kier alpha value is -3.94. The molecule has 34 heavy (non-hydrogen) atoms. The van der Waals surface area contributed by atoms with Crippen LogP contribution in [0.2, 0.25) is 0 Å². The van der Waals surface area contributed by atoms with Crippen LogP contribution in [0.15, 0.2) is 53.3 Å². The molecular weight excluding hydrogens is 430 g/mol. The van der Waals surface area contributed by atoms with Gasteiger partial charge in [0.15, 0.2) is 5.52 Å². The lowest BCUT2D eigenvalue weighted by Crippen LogP contribution is -2.38. The van der Waals surface area contributed by atoms with Crippen LogP contribution in [0.1, 0.15) is 41.9 Å². The van der Waals surface area contributed by atoms with E-state index < -0.39 is 6.04 Å². The summed E-state index contributed by atoms with van der Waals surface area (Å²) >= 11 is 0. The number of hydrogen-bond donors (Lipinski definition) is 1. The van der Waals surface area contributed by atoms with E-state index in [0.29, 0.717) is 29.6 Å². The summed E-state index contributed by atoms with van der Waals surface area (Å²) in [6, 6.07) is 14.7. The van der Waals surface area contributed by atoms with Crippen LogP contribution in [0.5, 0.6) is 5.75 Å². The Morgan fingerprint density at radius 2 is 1.82 bits per heavy atom. The maximum absolute atomic E-state index is 13.4. The second kappa shape index (κ2) is 9.51. The van der Waals surface area contributed by atoms with E-state index in [2.05, 4.69) is 15.5 Å². The lowest BCUT2D eigenvalue weighted by atomic mass is 10.1. The summed E-state index contributed by atoms with van der Waals surface area (Å²) in [5.41, 5.74) is 4.34. The molecule has 8 heteroatoms. The number of carbonyl (C=O) groups excluding carboxylic acids is 1. The van der Waals surface area contributed by atoms with E-state index in [1.54, 1.807) is 11.8 Å². The highest BCUT2D eigenvalue weighted by Gasteiger charge is 2.25. The number of fused-ring (bicyclic) bond motifs is 1. The third-order valence-corrected chi connectivity index (χ3v) is 6.01. The lowest BCUT2D eigenvalue weighted by Gasteiger charge is -2.17. The number of nitrogens with zero attached hydrogens (tertiary/aromatic N) is 4. The Labute approximate surface area is 198 Å². The van der Waals surface area contributed by atoms with Crippen LogP contribution in [0.4, 0.5) is 0 Å². The maximum atomic E-state index is 13.4. The first-order valence-electron chi connectivity index (χ1n) is 11.3. The van der Waals surface area contributed by atoms with Crippen LogP contribution in [0.3, 0.4) is 0 Å². The molecule has 0 saturated carbocycles. The first-order valence-corrected chi connectivity index (χ1v) is 11.3. The minimum atomic E-state index is -0.744. The largest absolute Gasteiger partial charge is 0.497 e. The molecule has 1 amide bonds. The number of methoxy groups -OCH3 is 1. The van der Waals surface area contributed by atoms with Gasteiger partial charge in [-0.1, -0.05) is 36.8 Å². The predicted octanol–water partition coefficient (Wildman–Crippen LogP) is 3.78. The van der Waals surface area contributed by atoms with Gasteiger partial charge in [-0.3, -0.25) is 9.59 Å². The van der Waals surface area contributed by atoms with Crippen LogP contribution in [-0.2, 0) is 11.3 Å². The van der Waals surface area contributed by atoms with Crippen molar-refractivity contribution in [2.24, 2.45) is 0 Å².